The number of halogens is 1. The van der Waals surface area contributed by atoms with E-state index in [0.717, 1.165) is 24.5 Å². The molecular weight excluding hydrogens is 362 g/mol. The molecule has 0 atom stereocenters. The third-order valence-electron chi connectivity index (χ3n) is 3.90. The zero-order valence-corrected chi connectivity index (χ0v) is 15.2. The fraction of sp³-hybridized carbons (Fsp3) is 0.750. The van der Waals surface area contributed by atoms with Crippen molar-refractivity contribution in [2.45, 2.75) is 6.54 Å². The maximum absolute atomic E-state index is 12.6. The fourth-order valence-electron chi connectivity index (χ4n) is 2.68. The lowest BCUT2D eigenvalue weighted by Crippen LogP contribution is -2.54. The van der Waals surface area contributed by atoms with Crippen molar-refractivity contribution in [1.82, 2.24) is 18.5 Å². The van der Waals surface area contributed by atoms with Crippen LogP contribution in [-0.2, 0) is 21.5 Å². The molecule has 2 aliphatic rings. The Labute approximate surface area is 146 Å². The van der Waals surface area contributed by atoms with E-state index in [0.29, 0.717) is 44.5 Å². The van der Waals surface area contributed by atoms with E-state index in [1.54, 1.807) is 10.5 Å². The summed E-state index contributed by atoms with van der Waals surface area (Å²) in [6, 6.07) is 0. The Morgan fingerprint density at radius 2 is 1.74 bits per heavy atom. The molecule has 132 valence electrons. The third kappa shape index (κ3) is 4.53. The highest BCUT2D eigenvalue weighted by Crippen LogP contribution is 2.19. The summed E-state index contributed by atoms with van der Waals surface area (Å²) >= 11 is 1.48. The number of anilines is 1. The molecule has 2 N–H and O–H groups in total. The minimum Gasteiger partial charge on any atom is -0.379 e. The lowest BCUT2D eigenvalue weighted by atomic mass is 10.3. The normalized spacial score (nSPS) is 21.9. The van der Waals surface area contributed by atoms with Crippen LogP contribution in [0.3, 0.4) is 0 Å². The Balaban J connectivity index is 0.00000192. The molecule has 1 aromatic heterocycles. The first-order valence-corrected chi connectivity index (χ1v) is 9.52. The highest BCUT2D eigenvalue weighted by molar-refractivity contribution is 7.86. The van der Waals surface area contributed by atoms with Crippen LogP contribution in [-0.4, -0.2) is 79.4 Å². The number of thiazole rings is 1. The zero-order chi connectivity index (χ0) is 15.6. The standard InChI is InChI=1S/C12H21N5O3S2.ClH/c13-12-14-9-11(21-12)10-15-1-3-16(4-2-15)22(18,19)17-5-7-20-8-6-17;/h9H,1-8,10H2,(H2,13,14);1H. The second kappa shape index (κ2) is 8.06. The topological polar surface area (TPSA) is 92.0 Å². The molecule has 0 aliphatic carbocycles. The number of piperazine rings is 1. The van der Waals surface area contributed by atoms with Crippen LogP contribution in [0.2, 0.25) is 0 Å². The average molecular weight is 384 g/mol. The molecule has 2 aliphatic heterocycles. The number of rotatable bonds is 4. The summed E-state index contributed by atoms with van der Waals surface area (Å²) in [5.74, 6) is 0. The molecule has 0 saturated carbocycles. The molecule has 0 spiro atoms. The van der Waals surface area contributed by atoms with Gasteiger partial charge in [0.05, 0.1) is 13.2 Å². The van der Waals surface area contributed by atoms with Crippen molar-refractivity contribution in [3.63, 3.8) is 0 Å². The van der Waals surface area contributed by atoms with Gasteiger partial charge in [0.1, 0.15) is 0 Å². The van der Waals surface area contributed by atoms with Crippen molar-refractivity contribution in [1.29, 1.82) is 0 Å². The van der Waals surface area contributed by atoms with Gasteiger partial charge in [0.25, 0.3) is 10.2 Å². The summed E-state index contributed by atoms with van der Waals surface area (Å²) < 4.78 is 33.4. The van der Waals surface area contributed by atoms with Crippen LogP contribution >= 0.6 is 23.7 Å². The van der Waals surface area contributed by atoms with E-state index >= 15 is 0 Å². The number of hydrogen-bond acceptors (Lipinski definition) is 7. The Bertz CT molecular complexity index is 598. The van der Waals surface area contributed by atoms with Gasteiger partial charge in [0, 0.05) is 56.9 Å². The number of aromatic nitrogens is 1. The predicted octanol–water partition coefficient (Wildman–Crippen LogP) is -0.158. The first-order valence-electron chi connectivity index (χ1n) is 7.31. The first-order chi connectivity index (χ1) is 10.6. The molecule has 2 saturated heterocycles. The molecule has 3 heterocycles. The predicted molar refractivity (Wildman–Crippen MR) is 91.9 cm³/mol. The Hall–Kier alpha value is -0.490. The summed E-state index contributed by atoms with van der Waals surface area (Å²) in [7, 11) is -3.35. The minimum atomic E-state index is -3.35. The fourth-order valence-corrected chi connectivity index (χ4v) is 4.96. The largest absolute Gasteiger partial charge is 0.379 e. The number of hydrogen-bond donors (Lipinski definition) is 1. The lowest BCUT2D eigenvalue weighted by Gasteiger charge is -2.37. The van der Waals surface area contributed by atoms with Crippen LogP contribution in [0.1, 0.15) is 4.88 Å². The summed E-state index contributed by atoms with van der Waals surface area (Å²) in [6.07, 6.45) is 1.79. The van der Waals surface area contributed by atoms with E-state index in [9.17, 15) is 8.42 Å². The van der Waals surface area contributed by atoms with Crippen molar-refractivity contribution in [2.24, 2.45) is 0 Å². The van der Waals surface area contributed by atoms with Crippen molar-refractivity contribution in [3.05, 3.63) is 11.1 Å². The smallest absolute Gasteiger partial charge is 0.282 e. The maximum Gasteiger partial charge on any atom is 0.282 e. The van der Waals surface area contributed by atoms with Crippen LogP contribution in [0.4, 0.5) is 5.13 Å². The molecule has 3 rings (SSSR count). The van der Waals surface area contributed by atoms with E-state index in [1.165, 1.54) is 15.6 Å². The van der Waals surface area contributed by atoms with Gasteiger partial charge in [0.2, 0.25) is 0 Å². The Morgan fingerprint density at radius 3 is 2.30 bits per heavy atom. The molecule has 2 fully saturated rings. The molecular formula is C12H22ClN5O3S2. The van der Waals surface area contributed by atoms with Crippen LogP contribution in [0.5, 0.6) is 0 Å². The summed E-state index contributed by atoms with van der Waals surface area (Å²) in [4.78, 5) is 7.39. The van der Waals surface area contributed by atoms with Gasteiger partial charge >= 0.3 is 0 Å². The average Bonchev–Trinajstić information content (AvgIpc) is 2.94. The lowest BCUT2D eigenvalue weighted by molar-refractivity contribution is 0.0684. The highest BCUT2D eigenvalue weighted by Gasteiger charge is 2.33. The molecule has 0 amide bonds. The van der Waals surface area contributed by atoms with Gasteiger partial charge in [-0.25, -0.2) is 4.98 Å². The van der Waals surface area contributed by atoms with Gasteiger partial charge in [-0.2, -0.15) is 17.0 Å². The summed E-state index contributed by atoms with van der Waals surface area (Å²) in [5.41, 5.74) is 5.63. The van der Waals surface area contributed by atoms with E-state index in [4.69, 9.17) is 10.5 Å². The number of nitrogens with zero attached hydrogens (tertiary/aromatic N) is 4. The number of nitrogen functional groups attached to an aromatic ring is 1. The van der Waals surface area contributed by atoms with E-state index in [1.807, 2.05) is 0 Å². The second-order valence-corrected chi connectivity index (χ2v) is 8.43. The summed E-state index contributed by atoms with van der Waals surface area (Å²) in [5, 5.41) is 0.573. The van der Waals surface area contributed by atoms with Gasteiger partial charge in [-0.05, 0) is 0 Å². The molecule has 11 heteroatoms. The van der Waals surface area contributed by atoms with Gasteiger partial charge < -0.3 is 10.5 Å². The van der Waals surface area contributed by atoms with Crippen molar-refractivity contribution in [3.8, 4) is 0 Å². The number of ether oxygens (including phenoxy) is 1. The van der Waals surface area contributed by atoms with Crippen LogP contribution < -0.4 is 5.73 Å². The maximum atomic E-state index is 12.6. The molecule has 0 unspecified atom stereocenters. The first kappa shape index (κ1) is 18.8. The van der Waals surface area contributed by atoms with E-state index in [-0.39, 0.29) is 12.4 Å². The van der Waals surface area contributed by atoms with E-state index in [2.05, 4.69) is 9.88 Å². The summed E-state index contributed by atoms with van der Waals surface area (Å²) in [6.45, 7) is 5.12. The Morgan fingerprint density at radius 1 is 1.13 bits per heavy atom. The molecule has 23 heavy (non-hydrogen) atoms. The molecule has 1 aromatic rings. The van der Waals surface area contributed by atoms with Crippen LogP contribution in [0.25, 0.3) is 0 Å². The van der Waals surface area contributed by atoms with Crippen molar-refractivity contribution >= 4 is 39.1 Å². The number of nitrogens with two attached hydrogens (primary N) is 1. The van der Waals surface area contributed by atoms with E-state index < -0.39 is 10.2 Å². The molecule has 0 radical (unpaired) electrons. The SMILES string of the molecule is Cl.Nc1ncc(CN2CCN(S(=O)(=O)N3CCOCC3)CC2)s1. The quantitative estimate of drug-likeness (QED) is 0.776. The minimum absolute atomic E-state index is 0. The molecule has 0 aromatic carbocycles. The number of morpholine rings is 1. The second-order valence-electron chi connectivity index (χ2n) is 5.36. The van der Waals surface area contributed by atoms with Crippen LogP contribution in [0.15, 0.2) is 6.20 Å². The Kier molecular flexibility index (Phi) is 6.60. The van der Waals surface area contributed by atoms with Crippen molar-refractivity contribution < 1.29 is 13.2 Å². The van der Waals surface area contributed by atoms with Gasteiger partial charge in [-0.1, -0.05) is 0 Å². The molecule has 0 bridgehead atoms. The van der Waals surface area contributed by atoms with Gasteiger partial charge in [-0.15, -0.1) is 23.7 Å². The zero-order valence-electron chi connectivity index (χ0n) is 12.8. The van der Waals surface area contributed by atoms with Gasteiger partial charge in [-0.3, -0.25) is 4.90 Å². The monoisotopic (exact) mass is 383 g/mol. The third-order valence-corrected chi connectivity index (χ3v) is 6.75. The van der Waals surface area contributed by atoms with Gasteiger partial charge in [0.15, 0.2) is 5.13 Å². The van der Waals surface area contributed by atoms with Crippen LogP contribution in [0, 0.1) is 0 Å². The van der Waals surface area contributed by atoms with Crippen molar-refractivity contribution in [2.75, 3.05) is 58.2 Å². The molecule has 8 nitrogen and oxygen atoms in total. The highest BCUT2D eigenvalue weighted by atomic mass is 35.5.